The molecule has 30 heavy (non-hydrogen) atoms. The summed E-state index contributed by atoms with van der Waals surface area (Å²) in [6.45, 7) is 3.42. The fraction of sp³-hybridized carbons (Fsp3) is 0.417. The van der Waals surface area contributed by atoms with Crippen molar-refractivity contribution in [2.75, 3.05) is 13.1 Å². The molecule has 158 valence electrons. The van der Waals surface area contributed by atoms with Gasteiger partial charge in [-0.15, -0.1) is 0 Å². The number of carbonyl (C=O) groups excluding carboxylic acids is 2. The number of likely N-dealkylation sites (tertiary alicyclic amines) is 1. The summed E-state index contributed by atoms with van der Waals surface area (Å²) < 4.78 is 27.1. The molecular formula is C24H26F2N2O2. The lowest BCUT2D eigenvalue weighted by atomic mass is 9.66. The lowest BCUT2D eigenvalue weighted by Gasteiger charge is -2.44. The van der Waals surface area contributed by atoms with Crippen LogP contribution in [0.3, 0.4) is 0 Å². The summed E-state index contributed by atoms with van der Waals surface area (Å²) >= 11 is 0. The smallest absolute Gasteiger partial charge is 0.317 e. The van der Waals surface area contributed by atoms with Crippen LogP contribution in [0.1, 0.15) is 53.2 Å². The van der Waals surface area contributed by atoms with Crippen LogP contribution in [-0.2, 0) is 19.4 Å². The first-order chi connectivity index (χ1) is 14.4. The van der Waals surface area contributed by atoms with Gasteiger partial charge in [-0.3, -0.25) is 4.79 Å². The van der Waals surface area contributed by atoms with Gasteiger partial charge in [-0.25, -0.2) is 13.6 Å². The van der Waals surface area contributed by atoms with E-state index in [9.17, 15) is 18.4 Å². The second-order valence-electron chi connectivity index (χ2n) is 8.50. The van der Waals surface area contributed by atoms with Gasteiger partial charge in [0.2, 0.25) is 0 Å². The first-order valence-corrected chi connectivity index (χ1v) is 10.5. The Balaban J connectivity index is 1.35. The van der Waals surface area contributed by atoms with E-state index in [0.29, 0.717) is 43.6 Å². The highest BCUT2D eigenvalue weighted by Gasteiger charge is 2.41. The molecular weight excluding hydrogens is 386 g/mol. The number of halogens is 2. The number of ketones is 1. The largest absolute Gasteiger partial charge is 0.334 e. The van der Waals surface area contributed by atoms with Crippen molar-refractivity contribution in [1.82, 2.24) is 10.2 Å². The highest BCUT2D eigenvalue weighted by atomic mass is 19.1. The van der Waals surface area contributed by atoms with Gasteiger partial charge in [0.15, 0.2) is 5.78 Å². The normalized spacial score (nSPS) is 17.7. The van der Waals surface area contributed by atoms with Crippen molar-refractivity contribution in [3.8, 4) is 0 Å². The summed E-state index contributed by atoms with van der Waals surface area (Å²) in [5.74, 6) is -0.603. The number of amides is 2. The number of urea groups is 1. The van der Waals surface area contributed by atoms with E-state index in [1.165, 1.54) is 18.2 Å². The molecule has 1 saturated heterocycles. The van der Waals surface area contributed by atoms with Crippen molar-refractivity contribution < 1.29 is 18.4 Å². The molecule has 1 spiro atoms. The van der Waals surface area contributed by atoms with E-state index in [4.69, 9.17) is 0 Å². The monoisotopic (exact) mass is 412 g/mol. The van der Waals surface area contributed by atoms with E-state index in [-0.39, 0.29) is 28.9 Å². The Hall–Kier alpha value is -2.76. The van der Waals surface area contributed by atoms with Crippen LogP contribution in [0.2, 0.25) is 0 Å². The highest BCUT2D eigenvalue weighted by Crippen LogP contribution is 2.43. The molecule has 1 heterocycles. The number of benzene rings is 2. The summed E-state index contributed by atoms with van der Waals surface area (Å²) in [5.41, 5.74) is 2.78. The van der Waals surface area contributed by atoms with E-state index in [2.05, 4.69) is 5.32 Å². The van der Waals surface area contributed by atoms with Crippen LogP contribution >= 0.6 is 0 Å². The minimum absolute atomic E-state index is 0.00307. The first kappa shape index (κ1) is 20.5. The molecule has 0 atom stereocenters. The Labute approximate surface area is 175 Å². The first-order valence-electron chi connectivity index (χ1n) is 10.5. The molecule has 0 bridgehead atoms. The van der Waals surface area contributed by atoms with Gasteiger partial charge < -0.3 is 10.2 Å². The van der Waals surface area contributed by atoms with Gasteiger partial charge in [0.1, 0.15) is 11.6 Å². The van der Waals surface area contributed by atoms with Crippen molar-refractivity contribution in [3.63, 3.8) is 0 Å². The standard InChI is InChI=1S/C24H26F2N2O2/c1-2-17-11-16(3-6-21(17)26)15-27-23(30)28-9-7-24(8-10-28)13-18-4-5-19(25)12-20(18)22(29)14-24/h3-6,11-12H,2,7-10,13-15H2,1H3,(H,27,30). The van der Waals surface area contributed by atoms with E-state index in [0.717, 1.165) is 30.4 Å². The number of hydrogen-bond acceptors (Lipinski definition) is 2. The molecule has 0 unspecified atom stereocenters. The second kappa shape index (κ2) is 8.17. The second-order valence-corrected chi connectivity index (χ2v) is 8.50. The topological polar surface area (TPSA) is 49.4 Å². The van der Waals surface area contributed by atoms with Crippen LogP contribution in [0.4, 0.5) is 13.6 Å². The van der Waals surface area contributed by atoms with Crippen LogP contribution < -0.4 is 5.32 Å². The predicted octanol–water partition coefficient (Wildman–Crippen LogP) is 4.65. The number of rotatable bonds is 3. The molecule has 1 aliphatic heterocycles. The van der Waals surface area contributed by atoms with Crippen molar-refractivity contribution in [1.29, 1.82) is 0 Å². The molecule has 2 aromatic rings. The SMILES string of the molecule is CCc1cc(CNC(=O)N2CCC3(CC2)CC(=O)c2cc(F)ccc2C3)ccc1F. The summed E-state index contributed by atoms with van der Waals surface area (Å²) in [6, 6.07) is 9.24. The molecule has 2 amide bonds. The zero-order chi connectivity index (χ0) is 21.3. The Bertz CT molecular complexity index is 981. The molecule has 2 aliphatic rings. The number of piperidine rings is 1. The molecule has 4 nitrogen and oxygen atoms in total. The third kappa shape index (κ3) is 4.09. The Kier molecular flexibility index (Phi) is 5.58. The van der Waals surface area contributed by atoms with Crippen molar-refractivity contribution in [2.45, 2.75) is 45.6 Å². The van der Waals surface area contributed by atoms with Crippen LogP contribution in [-0.4, -0.2) is 29.8 Å². The summed E-state index contributed by atoms with van der Waals surface area (Å²) in [5, 5.41) is 2.92. The van der Waals surface area contributed by atoms with Crippen LogP contribution in [0, 0.1) is 17.0 Å². The summed E-state index contributed by atoms with van der Waals surface area (Å²) in [4.78, 5) is 27.0. The van der Waals surface area contributed by atoms with E-state index < -0.39 is 0 Å². The molecule has 1 N–H and O–H groups in total. The maximum atomic E-state index is 13.6. The summed E-state index contributed by atoms with van der Waals surface area (Å²) in [6.07, 6.45) is 3.27. The lowest BCUT2D eigenvalue weighted by Crippen LogP contribution is -2.49. The molecule has 2 aromatic carbocycles. The van der Waals surface area contributed by atoms with E-state index in [1.54, 1.807) is 23.1 Å². The van der Waals surface area contributed by atoms with Crippen molar-refractivity contribution in [3.05, 3.63) is 70.3 Å². The van der Waals surface area contributed by atoms with Crippen LogP contribution in [0.25, 0.3) is 0 Å². The molecule has 4 rings (SSSR count). The third-order valence-electron chi connectivity index (χ3n) is 6.52. The molecule has 0 aromatic heterocycles. The van der Waals surface area contributed by atoms with Gasteiger partial charge in [-0.2, -0.15) is 0 Å². The number of nitrogens with zero attached hydrogens (tertiary/aromatic N) is 1. The minimum Gasteiger partial charge on any atom is -0.334 e. The fourth-order valence-electron chi connectivity index (χ4n) is 4.70. The quantitative estimate of drug-likeness (QED) is 0.798. The van der Waals surface area contributed by atoms with Gasteiger partial charge >= 0.3 is 6.03 Å². The summed E-state index contributed by atoms with van der Waals surface area (Å²) in [7, 11) is 0. The zero-order valence-corrected chi connectivity index (χ0v) is 17.1. The van der Waals surface area contributed by atoms with Crippen molar-refractivity contribution >= 4 is 11.8 Å². The highest BCUT2D eigenvalue weighted by molar-refractivity contribution is 5.99. The van der Waals surface area contributed by atoms with Gasteiger partial charge in [-0.05, 0) is 66.0 Å². The number of nitrogens with one attached hydrogen (secondary N) is 1. The number of Topliss-reactive ketones (excluding diaryl/α,β-unsaturated/α-hetero) is 1. The number of hydrogen-bond donors (Lipinski definition) is 1. The molecule has 6 heteroatoms. The number of fused-ring (bicyclic) bond motifs is 1. The average Bonchev–Trinajstić information content (AvgIpc) is 2.74. The minimum atomic E-state index is -0.378. The van der Waals surface area contributed by atoms with Crippen LogP contribution in [0.5, 0.6) is 0 Å². The fourth-order valence-corrected chi connectivity index (χ4v) is 4.70. The number of aryl methyl sites for hydroxylation is 1. The van der Waals surface area contributed by atoms with E-state index in [1.807, 2.05) is 6.92 Å². The maximum absolute atomic E-state index is 13.6. The van der Waals surface area contributed by atoms with Gasteiger partial charge in [0.05, 0.1) is 0 Å². The zero-order valence-electron chi connectivity index (χ0n) is 17.1. The Morgan fingerprint density at radius 1 is 1.10 bits per heavy atom. The molecule has 0 radical (unpaired) electrons. The van der Waals surface area contributed by atoms with Gasteiger partial charge in [0, 0.05) is 31.6 Å². The van der Waals surface area contributed by atoms with Crippen LogP contribution in [0.15, 0.2) is 36.4 Å². The van der Waals surface area contributed by atoms with Gasteiger partial charge in [0.25, 0.3) is 0 Å². The Morgan fingerprint density at radius 3 is 2.60 bits per heavy atom. The maximum Gasteiger partial charge on any atom is 0.317 e. The van der Waals surface area contributed by atoms with Crippen molar-refractivity contribution in [2.24, 2.45) is 5.41 Å². The molecule has 0 saturated carbocycles. The van der Waals surface area contributed by atoms with E-state index >= 15 is 0 Å². The lowest BCUT2D eigenvalue weighted by molar-refractivity contribution is 0.0735. The molecule has 1 fully saturated rings. The third-order valence-corrected chi connectivity index (χ3v) is 6.52. The molecule has 1 aliphatic carbocycles. The predicted molar refractivity (Wildman–Crippen MR) is 110 cm³/mol. The average molecular weight is 412 g/mol. The Morgan fingerprint density at radius 2 is 1.87 bits per heavy atom. The number of carbonyl (C=O) groups is 2. The van der Waals surface area contributed by atoms with Gasteiger partial charge in [-0.1, -0.05) is 25.1 Å².